The molecule has 1 fully saturated rings. The first-order valence-corrected chi connectivity index (χ1v) is 9.35. The number of benzene rings is 1. The zero-order valence-corrected chi connectivity index (χ0v) is 16.3. The van der Waals surface area contributed by atoms with Gasteiger partial charge in [-0.1, -0.05) is 29.3 Å². The van der Waals surface area contributed by atoms with Crippen LogP contribution in [0.1, 0.15) is 34.8 Å². The van der Waals surface area contributed by atoms with E-state index in [0.29, 0.717) is 5.02 Å². The molecule has 0 saturated carbocycles. The Balaban J connectivity index is 1.74. The third kappa shape index (κ3) is 4.78. The molecule has 0 aliphatic carbocycles. The average molecular weight is 417 g/mol. The number of carbonyl (C=O) groups is 1. The van der Waals surface area contributed by atoms with E-state index in [4.69, 9.17) is 23.2 Å². The van der Waals surface area contributed by atoms with E-state index in [-0.39, 0.29) is 55.0 Å². The first kappa shape index (κ1) is 20.0. The van der Waals surface area contributed by atoms with Crippen LogP contribution in [0, 0.1) is 0 Å². The van der Waals surface area contributed by atoms with Crippen molar-refractivity contribution in [2.24, 2.45) is 7.05 Å². The summed E-state index contributed by atoms with van der Waals surface area (Å²) in [5.41, 5.74) is 1.14. The number of aromatic nitrogens is 2. The van der Waals surface area contributed by atoms with Crippen LogP contribution in [0.2, 0.25) is 10.0 Å². The predicted molar refractivity (Wildman–Crippen MR) is 100 cm³/mol. The lowest BCUT2D eigenvalue weighted by atomic mass is 10.0. The number of rotatable bonds is 5. The number of likely N-dealkylation sites (tertiary alicyclic amines) is 1. The van der Waals surface area contributed by atoms with Crippen LogP contribution in [0.4, 0.5) is 8.78 Å². The van der Waals surface area contributed by atoms with Gasteiger partial charge in [0.25, 0.3) is 11.8 Å². The average Bonchev–Trinajstić information content (AvgIpc) is 3.04. The van der Waals surface area contributed by atoms with Crippen molar-refractivity contribution >= 4 is 29.1 Å². The van der Waals surface area contributed by atoms with Gasteiger partial charge in [0, 0.05) is 51.3 Å². The summed E-state index contributed by atoms with van der Waals surface area (Å²) in [6.07, 6.45) is 3.13. The number of piperidine rings is 1. The number of nitrogens with one attached hydrogen (secondary N) is 1. The third-order valence-electron chi connectivity index (χ3n) is 4.73. The van der Waals surface area contributed by atoms with E-state index < -0.39 is 5.92 Å². The predicted octanol–water partition coefficient (Wildman–Crippen LogP) is 3.93. The maximum Gasteiger partial charge on any atom is 0.252 e. The van der Waals surface area contributed by atoms with Gasteiger partial charge in [-0.05, 0) is 12.1 Å². The van der Waals surface area contributed by atoms with Gasteiger partial charge in [-0.3, -0.25) is 14.4 Å². The van der Waals surface area contributed by atoms with Crippen molar-refractivity contribution < 1.29 is 13.6 Å². The minimum atomic E-state index is -2.63. The smallest absolute Gasteiger partial charge is 0.252 e. The van der Waals surface area contributed by atoms with Crippen molar-refractivity contribution in [1.29, 1.82) is 0 Å². The second-order valence-electron chi connectivity index (χ2n) is 6.67. The SMILES string of the molecule is Cn1cc(C(CNC(=O)c2cccc(Cl)c2Cl)N2CCC(F)(F)CC2)cn1. The Bertz CT molecular complexity index is 817. The van der Waals surface area contributed by atoms with Crippen LogP contribution in [-0.2, 0) is 7.05 Å². The molecule has 27 heavy (non-hydrogen) atoms. The highest BCUT2D eigenvalue weighted by atomic mass is 35.5. The summed E-state index contributed by atoms with van der Waals surface area (Å²) in [7, 11) is 1.79. The molecule has 9 heteroatoms. The van der Waals surface area contributed by atoms with Gasteiger partial charge in [0.1, 0.15) is 0 Å². The van der Waals surface area contributed by atoms with Crippen LogP contribution in [0.5, 0.6) is 0 Å². The van der Waals surface area contributed by atoms with Gasteiger partial charge in [0.05, 0.1) is 27.8 Å². The molecule has 1 atom stereocenters. The monoisotopic (exact) mass is 416 g/mol. The topological polar surface area (TPSA) is 50.2 Å². The number of hydrogen-bond acceptors (Lipinski definition) is 3. The third-order valence-corrected chi connectivity index (χ3v) is 5.55. The van der Waals surface area contributed by atoms with Crippen molar-refractivity contribution in [2.45, 2.75) is 24.8 Å². The molecule has 1 aromatic heterocycles. The molecule has 1 aliphatic heterocycles. The molecule has 1 unspecified atom stereocenters. The summed E-state index contributed by atoms with van der Waals surface area (Å²) in [6.45, 7) is 0.750. The minimum absolute atomic E-state index is 0.187. The van der Waals surface area contributed by atoms with Crippen molar-refractivity contribution in [3.8, 4) is 0 Å². The summed E-state index contributed by atoms with van der Waals surface area (Å²) < 4.78 is 28.7. The number of halogens is 4. The van der Waals surface area contributed by atoms with Gasteiger partial charge in [0.15, 0.2) is 0 Å². The molecule has 1 N–H and O–H groups in total. The number of carbonyl (C=O) groups excluding carboxylic acids is 1. The molecule has 5 nitrogen and oxygen atoms in total. The molecule has 0 bridgehead atoms. The van der Waals surface area contributed by atoms with Gasteiger partial charge in [-0.15, -0.1) is 0 Å². The van der Waals surface area contributed by atoms with E-state index in [1.165, 1.54) is 0 Å². The quantitative estimate of drug-likeness (QED) is 0.802. The second kappa shape index (κ2) is 8.12. The Morgan fingerprint density at radius 1 is 1.33 bits per heavy atom. The van der Waals surface area contributed by atoms with E-state index >= 15 is 0 Å². The van der Waals surface area contributed by atoms with E-state index in [9.17, 15) is 13.6 Å². The van der Waals surface area contributed by atoms with Gasteiger partial charge >= 0.3 is 0 Å². The zero-order valence-electron chi connectivity index (χ0n) is 14.8. The molecule has 0 spiro atoms. The largest absolute Gasteiger partial charge is 0.350 e. The molecule has 1 amide bonds. The first-order valence-electron chi connectivity index (χ1n) is 8.59. The van der Waals surface area contributed by atoms with E-state index in [1.807, 2.05) is 11.1 Å². The Labute approximate surface area is 166 Å². The van der Waals surface area contributed by atoms with Gasteiger partial charge in [0.2, 0.25) is 0 Å². The van der Waals surface area contributed by atoms with Gasteiger partial charge < -0.3 is 5.32 Å². The fourth-order valence-electron chi connectivity index (χ4n) is 3.20. The van der Waals surface area contributed by atoms with Crippen LogP contribution in [-0.4, -0.2) is 46.1 Å². The maximum atomic E-state index is 13.5. The molecule has 2 heterocycles. The minimum Gasteiger partial charge on any atom is -0.350 e. The number of amides is 1. The number of alkyl halides is 2. The Kier molecular flexibility index (Phi) is 6.03. The maximum absolute atomic E-state index is 13.5. The summed E-state index contributed by atoms with van der Waals surface area (Å²) in [4.78, 5) is 14.5. The molecule has 1 saturated heterocycles. The molecular formula is C18H20Cl2F2N4O. The fourth-order valence-corrected chi connectivity index (χ4v) is 3.58. The zero-order chi connectivity index (χ0) is 19.6. The Hall–Kier alpha value is -1.70. The highest BCUT2D eigenvalue weighted by Gasteiger charge is 2.37. The van der Waals surface area contributed by atoms with Gasteiger partial charge in [-0.25, -0.2) is 8.78 Å². The lowest BCUT2D eigenvalue weighted by Gasteiger charge is -2.37. The lowest BCUT2D eigenvalue weighted by Crippen LogP contribution is -2.45. The Morgan fingerprint density at radius 2 is 2.04 bits per heavy atom. The van der Waals surface area contributed by atoms with Crippen molar-refractivity contribution in [1.82, 2.24) is 20.0 Å². The first-order chi connectivity index (χ1) is 12.8. The standard InChI is InChI=1S/C18H20Cl2F2N4O/c1-25-11-12(9-24-25)15(26-7-5-18(21,22)6-8-26)10-23-17(27)13-3-2-4-14(19)16(13)20/h2-4,9,11,15H,5-8,10H2,1H3,(H,23,27). The van der Waals surface area contributed by atoms with Crippen LogP contribution in [0.3, 0.4) is 0 Å². The fraction of sp³-hybridized carbons (Fsp3) is 0.444. The molecular weight excluding hydrogens is 397 g/mol. The number of nitrogens with zero attached hydrogens (tertiary/aromatic N) is 3. The van der Waals surface area contributed by atoms with Crippen LogP contribution in [0.15, 0.2) is 30.6 Å². The molecule has 3 rings (SSSR count). The molecule has 2 aromatic rings. The lowest BCUT2D eigenvalue weighted by molar-refractivity contribution is -0.0632. The van der Waals surface area contributed by atoms with E-state index in [1.54, 1.807) is 36.1 Å². The highest BCUT2D eigenvalue weighted by molar-refractivity contribution is 6.43. The summed E-state index contributed by atoms with van der Waals surface area (Å²) in [6, 6.07) is 4.59. The highest BCUT2D eigenvalue weighted by Crippen LogP contribution is 2.32. The molecule has 146 valence electrons. The summed E-state index contributed by atoms with van der Waals surface area (Å²) in [5.74, 6) is -2.99. The normalized spacial score (nSPS) is 18.3. The number of aryl methyl sites for hydroxylation is 1. The van der Waals surface area contributed by atoms with Crippen molar-refractivity contribution in [3.63, 3.8) is 0 Å². The van der Waals surface area contributed by atoms with Gasteiger partial charge in [-0.2, -0.15) is 5.10 Å². The second-order valence-corrected chi connectivity index (χ2v) is 7.45. The van der Waals surface area contributed by atoms with Crippen LogP contribution in [0.25, 0.3) is 0 Å². The molecule has 1 aromatic carbocycles. The molecule has 0 radical (unpaired) electrons. The molecule has 1 aliphatic rings. The summed E-state index contributed by atoms with van der Waals surface area (Å²) in [5, 5.41) is 7.49. The number of hydrogen-bond donors (Lipinski definition) is 1. The van der Waals surface area contributed by atoms with E-state index in [0.717, 1.165) is 5.56 Å². The van der Waals surface area contributed by atoms with Crippen molar-refractivity contribution in [2.75, 3.05) is 19.6 Å². The van der Waals surface area contributed by atoms with E-state index in [2.05, 4.69) is 10.4 Å². The Morgan fingerprint density at radius 3 is 2.67 bits per heavy atom. The summed E-state index contributed by atoms with van der Waals surface area (Å²) >= 11 is 12.1. The van der Waals surface area contributed by atoms with Crippen LogP contribution < -0.4 is 5.32 Å². The van der Waals surface area contributed by atoms with Crippen molar-refractivity contribution in [3.05, 3.63) is 51.8 Å². The van der Waals surface area contributed by atoms with Crippen LogP contribution >= 0.6 is 23.2 Å².